The first-order chi connectivity index (χ1) is 8.17. The molecule has 0 bridgehead atoms. The summed E-state index contributed by atoms with van der Waals surface area (Å²) in [6.45, 7) is 2.27. The Morgan fingerprint density at radius 2 is 1.94 bits per heavy atom. The molecule has 1 aliphatic rings. The Labute approximate surface area is 111 Å². The molecule has 1 fully saturated rings. The standard InChI is InChI=1S/C12H20BrNO3/c1-2-17-12(16)9-3-5-10(6-4-9)14-11(15)7-8-13/h9-10H,2-8H2,1H3,(H,14,15). The molecule has 1 rings (SSSR count). The average molecular weight is 306 g/mol. The second-order valence-corrected chi connectivity index (χ2v) is 5.10. The molecule has 0 aromatic heterocycles. The monoisotopic (exact) mass is 305 g/mol. The van der Waals surface area contributed by atoms with Crippen LogP contribution < -0.4 is 5.32 Å². The van der Waals surface area contributed by atoms with E-state index in [4.69, 9.17) is 4.74 Å². The van der Waals surface area contributed by atoms with Crippen LogP contribution >= 0.6 is 15.9 Å². The highest BCUT2D eigenvalue weighted by atomic mass is 79.9. The van der Waals surface area contributed by atoms with Crippen LogP contribution in [-0.4, -0.2) is 29.9 Å². The quantitative estimate of drug-likeness (QED) is 0.624. The summed E-state index contributed by atoms with van der Waals surface area (Å²) in [6.07, 6.45) is 3.89. The number of alkyl halides is 1. The highest BCUT2D eigenvalue weighted by molar-refractivity contribution is 9.09. The van der Waals surface area contributed by atoms with Gasteiger partial charge >= 0.3 is 5.97 Å². The van der Waals surface area contributed by atoms with Crippen molar-refractivity contribution in [1.82, 2.24) is 5.32 Å². The van der Waals surface area contributed by atoms with E-state index in [0.29, 0.717) is 18.4 Å². The Hall–Kier alpha value is -0.580. The van der Waals surface area contributed by atoms with Crippen LogP contribution in [0, 0.1) is 5.92 Å². The van der Waals surface area contributed by atoms with Gasteiger partial charge in [0.1, 0.15) is 0 Å². The molecule has 17 heavy (non-hydrogen) atoms. The van der Waals surface area contributed by atoms with Crippen LogP contribution in [-0.2, 0) is 14.3 Å². The Morgan fingerprint density at radius 1 is 1.29 bits per heavy atom. The van der Waals surface area contributed by atoms with E-state index in [1.807, 2.05) is 6.92 Å². The van der Waals surface area contributed by atoms with Crippen molar-refractivity contribution in [2.75, 3.05) is 11.9 Å². The molecule has 1 N–H and O–H groups in total. The summed E-state index contributed by atoms with van der Waals surface area (Å²) in [4.78, 5) is 22.9. The van der Waals surface area contributed by atoms with Crippen molar-refractivity contribution in [2.24, 2.45) is 5.92 Å². The maximum atomic E-state index is 11.5. The molecule has 1 amide bonds. The first-order valence-electron chi connectivity index (χ1n) is 6.19. The van der Waals surface area contributed by atoms with E-state index in [2.05, 4.69) is 21.2 Å². The first kappa shape index (κ1) is 14.5. The second kappa shape index (κ2) is 7.69. The predicted molar refractivity (Wildman–Crippen MR) is 68.9 cm³/mol. The van der Waals surface area contributed by atoms with Crippen LogP contribution in [0.2, 0.25) is 0 Å². The fourth-order valence-electron chi connectivity index (χ4n) is 2.12. The van der Waals surface area contributed by atoms with Crippen LogP contribution in [0.3, 0.4) is 0 Å². The van der Waals surface area contributed by atoms with Gasteiger partial charge in [0.05, 0.1) is 12.5 Å². The molecule has 0 aliphatic heterocycles. The van der Waals surface area contributed by atoms with Crippen molar-refractivity contribution in [1.29, 1.82) is 0 Å². The minimum Gasteiger partial charge on any atom is -0.466 e. The topological polar surface area (TPSA) is 55.4 Å². The summed E-state index contributed by atoms with van der Waals surface area (Å²) in [5, 5.41) is 3.68. The molecule has 98 valence electrons. The number of amides is 1. The van der Waals surface area contributed by atoms with E-state index < -0.39 is 0 Å². The molecular formula is C12H20BrNO3. The summed E-state index contributed by atoms with van der Waals surface area (Å²) >= 11 is 3.24. The van der Waals surface area contributed by atoms with E-state index in [9.17, 15) is 9.59 Å². The zero-order valence-electron chi connectivity index (χ0n) is 10.2. The van der Waals surface area contributed by atoms with Gasteiger partial charge in [-0.25, -0.2) is 0 Å². The molecule has 0 aromatic carbocycles. The van der Waals surface area contributed by atoms with Gasteiger partial charge in [0, 0.05) is 17.8 Å². The van der Waals surface area contributed by atoms with Gasteiger partial charge in [-0.05, 0) is 32.6 Å². The van der Waals surface area contributed by atoms with Crippen molar-refractivity contribution in [3.8, 4) is 0 Å². The third kappa shape index (κ3) is 5.06. The van der Waals surface area contributed by atoms with Gasteiger partial charge < -0.3 is 10.1 Å². The van der Waals surface area contributed by atoms with Gasteiger partial charge in [-0.2, -0.15) is 0 Å². The molecule has 0 atom stereocenters. The molecule has 0 aromatic rings. The SMILES string of the molecule is CCOC(=O)C1CCC(NC(=O)CCBr)CC1. The molecule has 1 saturated carbocycles. The average Bonchev–Trinajstić information content (AvgIpc) is 2.30. The fourth-order valence-corrected chi connectivity index (χ4v) is 2.48. The number of esters is 1. The van der Waals surface area contributed by atoms with Gasteiger partial charge in [-0.3, -0.25) is 9.59 Å². The van der Waals surface area contributed by atoms with Crippen molar-refractivity contribution >= 4 is 27.8 Å². The van der Waals surface area contributed by atoms with Crippen molar-refractivity contribution in [3.63, 3.8) is 0 Å². The van der Waals surface area contributed by atoms with E-state index in [1.165, 1.54) is 0 Å². The molecule has 0 heterocycles. The smallest absolute Gasteiger partial charge is 0.308 e. The lowest BCUT2D eigenvalue weighted by Gasteiger charge is -2.27. The number of carbonyl (C=O) groups is 2. The van der Waals surface area contributed by atoms with Gasteiger partial charge in [-0.15, -0.1) is 0 Å². The minimum atomic E-state index is -0.0854. The Balaban J connectivity index is 2.26. The highest BCUT2D eigenvalue weighted by Gasteiger charge is 2.27. The summed E-state index contributed by atoms with van der Waals surface area (Å²) in [7, 11) is 0. The molecule has 4 nitrogen and oxygen atoms in total. The number of rotatable bonds is 5. The summed E-state index contributed by atoms with van der Waals surface area (Å²) in [6, 6.07) is 0.229. The zero-order chi connectivity index (χ0) is 12.7. The summed E-state index contributed by atoms with van der Waals surface area (Å²) in [5.74, 6) is 0.0264. The Bertz CT molecular complexity index is 262. The van der Waals surface area contributed by atoms with Crippen molar-refractivity contribution < 1.29 is 14.3 Å². The number of halogens is 1. The number of nitrogens with one attached hydrogen (secondary N) is 1. The minimum absolute atomic E-state index is 0.0271. The molecule has 0 spiro atoms. The Kier molecular flexibility index (Phi) is 6.55. The van der Waals surface area contributed by atoms with Crippen LogP contribution in [0.4, 0.5) is 0 Å². The molecule has 5 heteroatoms. The fraction of sp³-hybridized carbons (Fsp3) is 0.833. The van der Waals surface area contributed by atoms with Crippen LogP contribution in [0.25, 0.3) is 0 Å². The van der Waals surface area contributed by atoms with Gasteiger partial charge in [0.2, 0.25) is 5.91 Å². The molecule has 0 saturated heterocycles. The molecule has 0 radical (unpaired) electrons. The van der Waals surface area contributed by atoms with Crippen molar-refractivity contribution in [2.45, 2.75) is 45.1 Å². The maximum absolute atomic E-state index is 11.5. The van der Waals surface area contributed by atoms with Crippen molar-refractivity contribution in [3.05, 3.63) is 0 Å². The van der Waals surface area contributed by atoms with E-state index in [1.54, 1.807) is 0 Å². The lowest BCUT2D eigenvalue weighted by atomic mass is 9.86. The Morgan fingerprint density at radius 3 is 2.47 bits per heavy atom. The molecule has 1 aliphatic carbocycles. The summed E-state index contributed by atoms with van der Waals surface area (Å²) < 4.78 is 5.00. The zero-order valence-corrected chi connectivity index (χ0v) is 11.8. The second-order valence-electron chi connectivity index (χ2n) is 4.31. The van der Waals surface area contributed by atoms with Crippen LogP contribution in [0.5, 0.6) is 0 Å². The molecule has 0 unspecified atom stereocenters. The summed E-state index contributed by atoms with van der Waals surface area (Å²) in [5.41, 5.74) is 0. The lowest BCUT2D eigenvalue weighted by Crippen LogP contribution is -2.39. The molecular weight excluding hydrogens is 286 g/mol. The van der Waals surface area contributed by atoms with E-state index >= 15 is 0 Å². The lowest BCUT2D eigenvalue weighted by molar-refractivity contribution is -0.149. The van der Waals surface area contributed by atoms with Gasteiger partial charge in [-0.1, -0.05) is 15.9 Å². The predicted octanol–water partition coefficient (Wildman–Crippen LogP) is 2.01. The number of hydrogen-bond acceptors (Lipinski definition) is 3. The number of carbonyl (C=O) groups excluding carboxylic acids is 2. The van der Waals surface area contributed by atoms with Gasteiger partial charge in [0.15, 0.2) is 0 Å². The van der Waals surface area contributed by atoms with E-state index in [0.717, 1.165) is 25.7 Å². The van der Waals surface area contributed by atoms with E-state index in [-0.39, 0.29) is 23.8 Å². The van der Waals surface area contributed by atoms with Crippen LogP contribution in [0.1, 0.15) is 39.0 Å². The number of ether oxygens (including phenoxy) is 1. The maximum Gasteiger partial charge on any atom is 0.308 e. The van der Waals surface area contributed by atoms with Crippen LogP contribution in [0.15, 0.2) is 0 Å². The highest BCUT2D eigenvalue weighted by Crippen LogP contribution is 2.25. The first-order valence-corrected chi connectivity index (χ1v) is 7.31. The van der Waals surface area contributed by atoms with Gasteiger partial charge in [0.25, 0.3) is 0 Å². The third-order valence-electron chi connectivity index (χ3n) is 3.03. The number of hydrogen-bond donors (Lipinski definition) is 1. The third-order valence-corrected chi connectivity index (χ3v) is 3.43. The normalized spacial score (nSPS) is 24.1. The largest absolute Gasteiger partial charge is 0.466 e.